The third kappa shape index (κ3) is 3.30. The van der Waals surface area contributed by atoms with Crippen LogP contribution >= 0.6 is 23.2 Å². The number of aromatic nitrogens is 2. The SMILES string of the molecule is CCCNCc1cnn(-c2ccc(Cl)cc2Cl)c1C. The standard InChI is InChI=1S/C14H17Cl2N3/c1-3-6-17-8-11-9-18-19(10(11)2)14-5-4-12(15)7-13(14)16/h4-5,7,9,17H,3,6,8H2,1-2H3. The minimum absolute atomic E-state index is 0.603. The second-order valence-electron chi connectivity index (χ2n) is 4.44. The Bertz CT molecular complexity index is 564. The van der Waals surface area contributed by atoms with E-state index in [-0.39, 0.29) is 0 Å². The fourth-order valence-electron chi connectivity index (χ4n) is 1.91. The maximum Gasteiger partial charge on any atom is 0.0836 e. The highest BCUT2D eigenvalue weighted by Crippen LogP contribution is 2.25. The van der Waals surface area contributed by atoms with E-state index in [2.05, 4.69) is 17.3 Å². The van der Waals surface area contributed by atoms with E-state index in [0.29, 0.717) is 10.0 Å². The predicted molar refractivity (Wildman–Crippen MR) is 80.3 cm³/mol. The minimum atomic E-state index is 0.603. The van der Waals surface area contributed by atoms with Gasteiger partial charge < -0.3 is 5.32 Å². The van der Waals surface area contributed by atoms with Gasteiger partial charge in [-0.3, -0.25) is 0 Å². The van der Waals surface area contributed by atoms with E-state index in [1.807, 2.05) is 29.9 Å². The zero-order valence-corrected chi connectivity index (χ0v) is 12.6. The van der Waals surface area contributed by atoms with E-state index in [4.69, 9.17) is 23.2 Å². The maximum absolute atomic E-state index is 6.21. The quantitative estimate of drug-likeness (QED) is 0.846. The summed E-state index contributed by atoms with van der Waals surface area (Å²) in [6.07, 6.45) is 3.00. The molecule has 0 radical (unpaired) electrons. The van der Waals surface area contributed by atoms with Gasteiger partial charge in [0.2, 0.25) is 0 Å². The van der Waals surface area contributed by atoms with Crippen LogP contribution in [0.1, 0.15) is 24.6 Å². The fraction of sp³-hybridized carbons (Fsp3) is 0.357. The molecule has 0 aliphatic heterocycles. The molecule has 5 heteroatoms. The molecule has 102 valence electrons. The van der Waals surface area contributed by atoms with Crippen LogP contribution in [-0.2, 0) is 6.54 Å². The van der Waals surface area contributed by atoms with Crippen molar-refractivity contribution < 1.29 is 0 Å². The lowest BCUT2D eigenvalue weighted by Gasteiger charge is -2.08. The Morgan fingerprint density at radius 3 is 2.79 bits per heavy atom. The highest BCUT2D eigenvalue weighted by Gasteiger charge is 2.10. The van der Waals surface area contributed by atoms with Gasteiger partial charge in [-0.1, -0.05) is 30.1 Å². The summed E-state index contributed by atoms with van der Waals surface area (Å²) in [5.74, 6) is 0. The smallest absolute Gasteiger partial charge is 0.0836 e. The lowest BCUT2D eigenvalue weighted by molar-refractivity contribution is 0.672. The molecule has 0 unspecified atom stereocenters. The lowest BCUT2D eigenvalue weighted by atomic mass is 10.2. The molecule has 0 spiro atoms. The monoisotopic (exact) mass is 297 g/mol. The molecule has 2 aromatic rings. The lowest BCUT2D eigenvalue weighted by Crippen LogP contribution is -2.14. The highest BCUT2D eigenvalue weighted by atomic mass is 35.5. The van der Waals surface area contributed by atoms with Crippen molar-refractivity contribution in [3.05, 3.63) is 45.7 Å². The van der Waals surface area contributed by atoms with Crippen LogP contribution in [0.4, 0.5) is 0 Å². The third-order valence-corrected chi connectivity index (χ3v) is 3.53. The largest absolute Gasteiger partial charge is 0.313 e. The Balaban J connectivity index is 2.26. The average Bonchev–Trinajstić information content (AvgIpc) is 2.72. The molecule has 2 rings (SSSR count). The van der Waals surface area contributed by atoms with Gasteiger partial charge in [0, 0.05) is 22.8 Å². The molecular weight excluding hydrogens is 281 g/mol. The Labute approximate surface area is 123 Å². The summed E-state index contributed by atoms with van der Waals surface area (Å²) in [4.78, 5) is 0. The maximum atomic E-state index is 6.21. The van der Waals surface area contributed by atoms with Crippen molar-refractivity contribution in [1.82, 2.24) is 15.1 Å². The second-order valence-corrected chi connectivity index (χ2v) is 5.28. The van der Waals surface area contributed by atoms with Gasteiger partial charge in [0.1, 0.15) is 0 Å². The summed E-state index contributed by atoms with van der Waals surface area (Å²) in [7, 11) is 0. The van der Waals surface area contributed by atoms with Crippen molar-refractivity contribution >= 4 is 23.2 Å². The van der Waals surface area contributed by atoms with Crippen LogP contribution in [0.2, 0.25) is 10.0 Å². The van der Waals surface area contributed by atoms with E-state index in [0.717, 1.165) is 30.9 Å². The molecule has 0 amide bonds. The van der Waals surface area contributed by atoms with Gasteiger partial charge in [0.05, 0.1) is 16.9 Å². The van der Waals surface area contributed by atoms with Crippen LogP contribution in [0, 0.1) is 6.92 Å². The highest BCUT2D eigenvalue weighted by molar-refractivity contribution is 6.35. The minimum Gasteiger partial charge on any atom is -0.313 e. The fourth-order valence-corrected chi connectivity index (χ4v) is 2.40. The Hall–Kier alpha value is -1.03. The molecule has 3 nitrogen and oxygen atoms in total. The Kier molecular flexibility index (Phi) is 4.86. The number of hydrogen-bond donors (Lipinski definition) is 1. The van der Waals surface area contributed by atoms with Gasteiger partial charge in [-0.2, -0.15) is 5.10 Å². The molecule has 0 aliphatic carbocycles. The molecule has 0 saturated carbocycles. The molecule has 0 atom stereocenters. The number of hydrogen-bond acceptors (Lipinski definition) is 2. The molecule has 0 saturated heterocycles. The van der Waals surface area contributed by atoms with Crippen molar-refractivity contribution in [3.8, 4) is 5.69 Å². The molecule has 1 aromatic heterocycles. The van der Waals surface area contributed by atoms with E-state index in [1.54, 1.807) is 6.07 Å². The van der Waals surface area contributed by atoms with E-state index < -0.39 is 0 Å². The predicted octanol–water partition coefficient (Wildman–Crippen LogP) is 3.99. The molecule has 19 heavy (non-hydrogen) atoms. The van der Waals surface area contributed by atoms with Crippen LogP contribution < -0.4 is 5.32 Å². The van der Waals surface area contributed by atoms with Crippen LogP contribution in [0.15, 0.2) is 24.4 Å². The molecule has 1 N–H and O–H groups in total. The molecular formula is C14H17Cl2N3. The molecule has 0 fully saturated rings. The summed E-state index contributed by atoms with van der Waals surface area (Å²) in [6.45, 7) is 6.02. The number of benzene rings is 1. The first-order valence-corrected chi connectivity index (χ1v) is 7.08. The summed E-state index contributed by atoms with van der Waals surface area (Å²) < 4.78 is 1.85. The van der Waals surface area contributed by atoms with Crippen molar-refractivity contribution in [1.29, 1.82) is 0 Å². The number of halogens is 2. The van der Waals surface area contributed by atoms with Crippen LogP contribution in [0.3, 0.4) is 0 Å². The van der Waals surface area contributed by atoms with Crippen molar-refractivity contribution in [2.75, 3.05) is 6.54 Å². The molecule has 0 aliphatic rings. The average molecular weight is 298 g/mol. The zero-order valence-electron chi connectivity index (χ0n) is 11.1. The van der Waals surface area contributed by atoms with Gasteiger partial charge in [-0.25, -0.2) is 4.68 Å². The van der Waals surface area contributed by atoms with Gasteiger partial charge in [-0.05, 0) is 38.1 Å². The van der Waals surface area contributed by atoms with Crippen LogP contribution in [-0.4, -0.2) is 16.3 Å². The Morgan fingerprint density at radius 2 is 2.11 bits per heavy atom. The number of rotatable bonds is 5. The summed E-state index contributed by atoms with van der Waals surface area (Å²) in [5, 5.41) is 9.01. The van der Waals surface area contributed by atoms with Gasteiger partial charge in [0.25, 0.3) is 0 Å². The van der Waals surface area contributed by atoms with Crippen molar-refractivity contribution in [3.63, 3.8) is 0 Å². The summed E-state index contributed by atoms with van der Waals surface area (Å²) in [6, 6.07) is 5.43. The topological polar surface area (TPSA) is 29.9 Å². The molecule has 1 aromatic carbocycles. The second kappa shape index (κ2) is 6.42. The van der Waals surface area contributed by atoms with Crippen molar-refractivity contribution in [2.45, 2.75) is 26.8 Å². The Morgan fingerprint density at radius 1 is 1.32 bits per heavy atom. The third-order valence-electron chi connectivity index (χ3n) is 2.99. The van der Waals surface area contributed by atoms with Crippen LogP contribution in [0.25, 0.3) is 5.69 Å². The molecule has 0 bridgehead atoms. The van der Waals surface area contributed by atoms with E-state index in [9.17, 15) is 0 Å². The first kappa shape index (κ1) is 14.4. The van der Waals surface area contributed by atoms with Gasteiger partial charge in [-0.15, -0.1) is 0 Å². The summed E-state index contributed by atoms with van der Waals surface area (Å²) >= 11 is 12.1. The van der Waals surface area contributed by atoms with E-state index >= 15 is 0 Å². The zero-order chi connectivity index (χ0) is 13.8. The first-order valence-electron chi connectivity index (χ1n) is 6.33. The van der Waals surface area contributed by atoms with E-state index in [1.165, 1.54) is 5.56 Å². The molecule has 1 heterocycles. The normalized spacial score (nSPS) is 10.9. The van der Waals surface area contributed by atoms with Crippen LogP contribution in [0.5, 0.6) is 0 Å². The van der Waals surface area contributed by atoms with Crippen molar-refractivity contribution in [2.24, 2.45) is 0 Å². The first-order chi connectivity index (χ1) is 9.13. The summed E-state index contributed by atoms with van der Waals surface area (Å²) in [5.41, 5.74) is 3.12. The number of nitrogens with zero attached hydrogens (tertiary/aromatic N) is 2. The van der Waals surface area contributed by atoms with Gasteiger partial charge >= 0.3 is 0 Å². The number of nitrogens with one attached hydrogen (secondary N) is 1. The van der Waals surface area contributed by atoms with Gasteiger partial charge in [0.15, 0.2) is 0 Å².